The van der Waals surface area contributed by atoms with E-state index < -0.39 is 11.5 Å². The van der Waals surface area contributed by atoms with Crippen LogP contribution in [0.1, 0.15) is 63.2 Å². The Hall–Kier alpha value is -2.38. The molecular formula is C26H39N3O4. The van der Waals surface area contributed by atoms with Gasteiger partial charge in [-0.3, -0.25) is 14.5 Å². The molecule has 182 valence electrons. The third kappa shape index (κ3) is 6.36. The lowest BCUT2D eigenvalue weighted by molar-refractivity contribution is 0.0361. The Bertz CT molecular complexity index is 1010. The maximum absolute atomic E-state index is 13.6. The van der Waals surface area contributed by atoms with Gasteiger partial charge >= 0.3 is 0 Å². The molecule has 1 aromatic heterocycles. The van der Waals surface area contributed by atoms with Gasteiger partial charge in [-0.1, -0.05) is 32.1 Å². The van der Waals surface area contributed by atoms with Crippen LogP contribution in [-0.2, 0) is 11.3 Å². The van der Waals surface area contributed by atoms with E-state index in [0.717, 1.165) is 38.8 Å². The van der Waals surface area contributed by atoms with Crippen molar-refractivity contribution in [3.63, 3.8) is 0 Å². The van der Waals surface area contributed by atoms with Gasteiger partial charge in [-0.05, 0) is 51.0 Å². The summed E-state index contributed by atoms with van der Waals surface area (Å²) in [7, 11) is 0. The number of carbonyl (C=O) groups excluding carboxylic acids is 1. The summed E-state index contributed by atoms with van der Waals surface area (Å²) in [5.41, 5.74) is -0.584. The molecule has 2 aliphatic rings. The smallest absolute Gasteiger partial charge is 0.267 e. The van der Waals surface area contributed by atoms with Crippen LogP contribution in [0.2, 0.25) is 0 Å². The molecule has 0 spiro atoms. The molecule has 0 aromatic carbocycles. The number of pyridine rings is 1. The number of carbonyl (C=O) groups is 1. The number of nitrogens with zero attached hydrogens (tertiary/aromatic N) is 2. The second-order valence-corrected chi connectivity index (χ2v) is 9.17. The van der Waals surface area contributed by atoms with Gasteiger partial charge in [-0.15, -0.1) is 0 Å². The summed E-state index contributed by atoms with van der Waals surface area (Å²) in [6, 6.07) is 0.0409. The molecule has 0 bridgehead atoms. The Labute approximate surface area is 196 Å². The van der Waals surface area contributed by atoms with E-state index in [1.807, 2.05) is 32.1 Å². The van der Waals surface area contributed by atoms with E-state index in [0.29, 0.717) is 49.2 Å². The topological polar surface area (TPSA) is 83.8 Å². The predicted molar refractivity (Wildman–Crippen MR) is 132 cm³/mol. The fourth-order valence-corrected chi connectivity index (χ4v) is 4.67. The molecule has 1 saturated carbocycles. The molecule has 0 atom stereocenters. The number of ether oxygens (including phenoxy) is 1. The van der Waals surface area contributed by atoms with Gasteiger partial charge in [0.2, 0.25) is 0 Å². The molecule has 0 unspecified atom stereocenters. The van der Waals surface area contributed by atoms with Crippen molar-refractivity contribution in [1.82, 2.24) is 14.8 Å². The molecular weight excluding hydrogens is 418 g/mol. The highest BCUT2D eigenvalue weighted by Gasteiger charge is 2.25. The van der Waals surface area contributed by atoms with Crippen LogP contribution < -0.4 is 21.4 Å². The van der Waals surface area contributed by atoms with E-state index in [-0.39, 0.29) is 17.4 Å². The highest BCUT2D eigenvalue weighted by molar-refractivity contribution is 5.96. The zero-order valence-corrected chi connectivity index (χ0v) is 20.3. The van der Waals surface area contributed by atoms with Crippen molar-refractivity contribution in [3.05, 3.63) is 38.6 Å². The van der Waals surface area contributed by atoms with Crippen LogP contribution in [0, 0.1) is 5.92 Å². The van der Waals surface area contributed by atoms with Crippen molar-refractivity contribution in [2.24, 2.45) is 5.92 Å². The maximum Gasteiger partial charge on any atom is 0.267 e. The third-order valence-corrected chi connectivity index (χ3v) is 6.69. The zero-order valence-electron chi connectivity index (χ0n) is 20.3. The van der Waals surface area contributed by atoms with Gasteiger partial charge in [0.05, 0.1) is 18.6 Å². The number of aromatic nitrogens is 1. The van der Waals surface area contributed by atoms with Gasteiger partial charge in [0.15, 0.2) is 0 Å². The molecule has 1 aliphatic heterocycles. The largest absolute Gasteiger partial charge is 0.506 e. The molecule has 2 N–H and O–H groups in total. The van der Waals surface area contributed by atoms with Crippen LogP contribution in [0.5, 0.6) is 5.75 Å². The molecule has 1 amide bonds. The Morgan fingerprint density at radius 1 is 1.18 bits per heavy atom. The number of hydrogen-bond acceptors (Lipinski definition) is 5. The van der Waals surface area contributed by atoms with Gasteiger partial charge in [0.25, 0.3) is 11.5 Å². The number of allylic oxidation sites excluding steroid dienone is 2. The number of hydrogen-bond donors (Lipinski definition) is 2. The molecule has 1 saturated heterocycles. The summed E-state index contributed by atoms with van der Waals surface area (Å²) in [5, 5.41) is 15.3. The lowest BCUT2D eigenvalue weighted by atomic mass is 9.87. The Morgan fingerprint density at radius 3 is 2.52 bits per heavy atom. The number of morpholine rings is 1. The number of nitrogens with one attached hydrogen (secondary N) is 1. The summed E-state index contributed by atoms with van der Waals surface area (Å²) >= 11 is 0. The number of aromatic hydroxyl groups is 1. The van der Waals surface area contributed by atoms with E-state index >= 15 is 0 Å². The van der Waals surface area contributed by atoms with Crippen LogP contribution in [0.3, 0.4) is 0 Å². The van der Waals surface area contributed by atoms with Crippen molar-refractivity contribution in [3.8, 4) is 5.75 Å². The summed E-state index contributed by atoms with van der Waals surface area (Å²) in [4.78, 5) is 29.1. The van der Waals surface area contributed by atoms with E-state index in [1.165, 1.54) is 0 Å². The first-order chi connectivity index (χ1) is 16.0. The Kier molecular flexibility index (Phi) is 9.32. The highest BCUT2D eigenvalue weighted by Crippen LogP contribution is 2.23. The van der Waals surface area contributed by atoms with Crippen LogP contribution in [0.4, 0.5) is 0 Å². The Balaban J connectivity index is 2.03. The van der Waals surface area contributed by atoms with Gasteiger partial charge < -0.3 is 19.7 Å². The average molecular weight is 458 g/mol. The first-order valence-corrected chi connectivity index (χ1v) is 12.4. The Morgan fingerprint density at radius 2 is 1.88 bits per heavy atom. The van der Waals surface area contributed by atoms with Gasteiger partial charge in [0, 0.05) is 37.4 Å². The van der Waals surface area contributed by atoms with Gasteiger partial charge in [0.1, 0.15) is 11.3 Å². The zero-order chi connectivity index (χ0) is 23.8. The van der Waals surface area contributed by atoms with Crippen molar-refractivity contribution in [1.29, 1.82) is 0 Å². The van der Waals surface area contributed by atoms with Crippen molar-refractivity contribution in [2.75, 3.05) is 32.8 Å². The molecule has 2 fully saturated rings. The first-order valence-electron chi connectivity index (χ1n) is 12.4. The third-order valence-electron chi connectivity index (χ3n) is 6.69. The minimum atomic E-state index is -0.477. The molecule has 0 radical (unpaired) electrons. The second kappa shape index (κ2) is 12.2. The molecule has 3 rings (SSSR count). The van der Waals surface area contributed by atoms with Crippen molar-refractivity contribution >= 4 is 18.1 Å². The summed E-state index contributed by atoms with van der Waals surface area (Å²) in [6.07, 6.45) is 12.0. The average Bonchev–Trinajstić information content (AvgIpc) is 2.81. The molecule has 33 heavy (non-hydrogen) atoms. The first kappa shape index (κ1) is 25.2. The molecule has 7 heteroatoms. The lowest BCUT2D eigenvalue weighted by Crippen LogP contribution is -2.50. The van der Waals surface area contributed by atoms with Crippen LogP contribution >= 0.6 is 0 Å². The fourth-order valence-electron chi connectivity index (χ4n) is 4.67. The quantitative estimate of drug-likeness (QED) is 0.652. The van der Waals surface area contributed by atoms with E-state index in [2.05, 4.69) is 17.1 Å². The predicted octanol–water partition coefficient (Wildman–Crippen LogP) is 1.74. The second-order valence-electron chi connectivity index (χ2n) is 9.17. The molecule has 2 heterocycles. The normalized spacial score (nSPS) is 23.4. The molecule has 7 nitrogen and oxygen atoms in total. The maximum atomic E-state index is 13.6. The van der Waals surface area contributed by atoms with Crippen molar-refractivity contribution in [2.45, 2.75) is 65.5 Å². The fraction of sp³-hybridized carbons (Fsp3) is 0.615. The molecule has 1 aromatic rings. The highest BCUT2D eigenvalue weighted by atomic mass is 16.5. The van der Waals surface area contributed by atoms with Crippen LogP contribution in [0.15, 0.2) is 16.9 Å². The summed E-state index contributed by atoms with van der Waals surface area (Å²) in [6.45, 7) is 10.3. The minimum Gasteiger partial charge on any atom is -0.506 e. The SMILES string of the molecule is C\C=C/C=c1/c(O)c(C(=O)NC2CCC(C)CC2)c(=O)n(CCN2CCOCC2)/c1=C\CC. The van der Waals surface area contributed by atoms with E-state index in [4.69, 9.17) is 4.74 Å². The van der Waals surface area contributed by atoms with Gasteiger partial charge in [-0.25, -0.2) is 0 Å². The van der Waals surface area contributed by atoms with Crippen LogP contribution in [-0.4, -0.2) is 59.4 Å². The summed E-state index contributed by atoms with van der Waals surface area (Å²) < 4.78 is 7.09. The molecule has 1 aliphatic carbocycles. The monoisotopic (exact) mass is 457 g/mol. The van der Waals surface area contributed by atoms with Crippen molar-refractivity contribution < 1.29 is 14.6 Å². The number of amides is 1. The van der Waals surface area contributed by atoms with E-state index in [1.54, 1.807) is 10.6 Å². The van der Waals surface area contributed by atoms with E-state index in [9.17, 15) is 14.7 Å². The summed E-state index contributed by atoms with van der Waals surface area (Å²) in [5.74, 6) is -0.0488. The lowest BCUT2D eigenvalue weighted by Gasteiger charge is -2.27. The number of rotatable bonds is 7. The van der Waals surface area contributed by atoms with Crippen LogP contribution in [0.25, 0.3) is 12.2 Å². The standard InChI is InChI=1S/C26H39N3O4/c1-4-6-8-21-22(7-5-2)29(14-13-28-15-17-33-18-16-28)26(32)23(24(21)30)25(31)27-20-11-9-19(3)10-12-20/h4,6-8,19-20,30H,5,9-18H2,1-3H3,(H,27,31)/b6-4-,21-8+,22-7-. The minimum absolute atomic E-state index is 0.0409. The van der Waals surface area contributed by atoms with Gasteiger partial charge in [-0.2, -0.15) is 0 Å².